The maximum Gasteiger partial charge on any atom is 0.255 e. The predicted molar refractivity (Wildman–Crippen MR) is 59.4 cm³/mol. The van der Waals surface area contributed by atoms with E-state index in [9.17, 15) is 4.79 Å². The van der Waals surface area contributed by atoms with Crippen LogP contribution in [0.4, 0.5) is 0 Å². The van der Waals surface area contributed by atoms with Gasteiger partial charge in [0.05, 0.1) is 11.6 Å². The third-order valence-corrected chi connectivity index (χ3v) is 2.64. The molecule has 2 rings (SSSR count). The average molecular weight is 235 g/mol. The van der Waals surface area contributed by atoms with Crippen LogP contribution in [-0.2, 0) is 0 Å². The first-order chi connectivity index (χ1) is 8.22. The molecule has 1 aliphatic carbocycles. The van der Waals surface area contributed by atoms with Gasteiger partial charge in [-0.25, -0.2) is 9.97 Å². The summed E-state index contributed by atoms with van der Waals surface area (Å²) < 4.78 is 0. The average Bonchev–Trinajstić information content (AvgIpc) is 3.20. The summed E-state index contributed by atoms with van der Waals surface area (Å²) in [6.07, 6.45) is 6.11. The standard InChI is InChI=1S/C10H13N5O2/c11-9(15-17)8(6-1-2-6)14-10(16)7-3-12-5-13-4-7/h3-6,8,17H,1-2H2,(H2,11,15)(H,14,16). The van der Waals surface area contributed by atoms with Crippen molar-refractivity contribution < 1.29 is 10.0 Å². The Labute approximate surface area is 97.7 Å². The summed E-state index contributed by atoms with van der Waals surface area (Å²) in [7, 11) is 0. The summed E-state index contributed by atoms with van der Waals surface area (Å²) in [5.74, 6) is -0.0497. The van der Waals surface area contributed by atoms with Gasteiger partial charge >= 0.3 is 0 Å². The fourth-order valence-corrected chi connectivity index (χ4v) is 1.57. The number of aromatic nitrogens is 2. The van der Waals surface area contributed by atoms with E-state index < -0.39 is 6.04 Å². The first kappa shape index (κ1) is 11.3. The van der Waals surface area contributed by atoms with E-state index in [1.165, 1.54) is 18.7 Å². The van der Waals surface area contributed by atoms with Crippen LogP contribution >= 0.6 is 0 Å². The highest BCUT2D eigenvalue weighted by atomic mass is 16.4. The van der Waals surface area contributed by atoms with Crippen LogP contribution in [0.2, 0.25) is 0 Å². The lowest BCUT2D eigenvalue weighted by molar-refractivity contribution is 0.0942. The highest BCUT2D eigenvalue weighted by Gasteiger charge is 2.35. The predicted octanol–water partition coefficient (Wildman–Crippen LogP) is -0.269. The molecule has 7 nitrogen and oxygen atoms in total. The molecule has 1 saturated carbocycles. The number of carbonyl (C=O) groups is 1. The van der Waals surface area contributed by atoms with Crippen LogP contribution in [0, 0.1) is 5.92 Å². The Balaban J connectivity index is 2.06. The minimum absolute atomic E-state index is 0.0256. The van der Waals surface area contributed by atoms with Crippen LogP contribution in [0.5, 0.6) is 0 Å². The van der Waals surface area contributed by atoms with Crippen LogP contribution in [0.3, 0.4) is 0 Å². The van der Waals surface area contributed by atoms with Gasteiger partial charge in [-0.3, -0.25) is 4.79 Å². The van der Waals surface area contributed by atoms with Crippen molar-refractivity contribution in [2.75, 3.05) is 0 Å². The molecule has 0 bridgehead atoms. The zero-order chi connectivity index (χ0) is 12.3. The van der Waals surface area contributed by atoms with Crippen molar-refractivity contribution in [3.05, 3.63) is 24.3 Å². The van der Waals surface area contributed by atoms with E-state index in [0.717, 1.165) is 12.8 Å². The molecule has 0 spiro atoms. The van der Waals surface area contributed by atoms with E-state index in [0.29, 0.717) is 5.56 Å². The molecule has 0 saturated heterocycles. The topological polar surface area (TPSA) is 113 Å². The minimum atomic E-state index is -0.423. The van der Waals surface area contributed by atoms with Crippen LogP contribution < -0.4 is 11.1 Å². The van der Waals surface area contributed by atoms with Gasteiger partial charge in [-0.15, -0.1) is 0 Å². The molecule has 1 fully saturated rings. The van der Waals surface area contributed by atoms with Gasteiger partial charge in [-0.2, -0.15) is 0 Å². The summed E-state index contributed by atoms with van der Waals surface area (Å²) in [5.41, 5.74) is 5.89. The molecule has 1 aliphatic rings. The maximum atomic E-state index is 11.8. The second-order valence-electron chi connectivity index (χ2n) is 3.94. The lowest BCUT2D eigenvalue weighted by Crippen LogP contribution is -2.46. The number of nitrogens with zero attached hydrogens (tertiary/aromatic N) is 3. The van der Waals surface area contributed by atoms with Crippen LogP contribution in [-0.4, -0.2) is 33.0 Å². The van der Waals surface area contributed by atoms with Crippen molar-refractivity contribution in [2.24, 2.45) is 16.8 Å². The quantitative estimate of drug-likeness (QED) is 0.288. The Morgan fingerprint density at radius 3 is 2.71 bits per heavy atom. The Bertz CT molecular complexity index is 430. The molecule has 1 unspecified atom stereocenters. The Hall–Kier alpha value is -2.18. The normalized spacial score (nSPS) is 17.5. The van der Waals surface area contributed by atoms with Crippen molar-refractivity contribution in [2.45, 2.75) is 18.9 Å². The van der Waals surface area contributed by atoms with Gasteiger partial charge in [0.2, 0.25) is 0 Å². The highest BCUT2D eigenvalue weighted by molar-refractivity contribution is 5.98. The molecule has 1 atom stereocenters. The Morgan fingerprint density at radius 2 is 2.18 bits per heavy atom. The number of nitrogens with two attached hydrogens (primary N) is 1. The highest BCUT2D eigenvalue weighted by Crippen LogP contribution is 2.32. The molecule has 1 aromatic rings. The van der Waals surface area contributed by atoms with Gasteiger partial charge in [-0.05, 0) is 18.8 Å². The summed E-state index contributed by atoms with van der Waals surface area (Å²) >= 11 is 0. The number of oxime groups is 1. The lowest BCUT2D eigenvalue weighted by Gasteiger charge is -2.16. The zero-order valence-electron chi connectivity index (χ0n) is 9.08. The zero-order valence-corrected chi connectivity index (χ0v) is 9.08. The van der Waals surface area contributed by atoms with E-state index in [1.807, 2.05) is 0 Å². The Kier molecular flexibility index (Phi) is 3.17. The van der Waals surface area contributed by atoms with E-state index in [1.54, 1.807) is 0 Å². The number of hydrogen-bond donors (Lipinski definition) is 3. The SMILES string of the molecule is NC(=NO)C(NC(=O)c1cncnc1)C1CC1. The molecule has 0 aliphatic heterocycles. The van der Waals surface area contributed by atoms with Gasteiger partial charge in [-0.1, -0.05) is 5.16 Å². The molecule has 4 N–H and O–H groups in total. The van der Waals surface area contributed by atoms with Crippen molar-refractivity contribution in [3.8, 4) is 0 Å². The number of carbonyl (C=O) groups excluding carboxylic acids is 1. The van der Waals surface area contributed by atoms with Crippen LogP contribution in [0.1, 0.15) is 23.2 Å². The van der Waals surface area contributed by atoms with Crippen molar-refractivity contribution >= 4 is 11.7 Å². The van der Waals surface area contributed by atoms with Gasteiger partial charge in [0.15, 0.2) is 5.84 Å². The summed E-state index contributed by atoms with van der Waals surface area (Å²) in [5, 5.41) is 14.3. The number of hydrogen-bond acceptors (Lipinski definition) is 5. The minimum Gasteiger partial charge on any atom is -0.409 e. The smallest absolute Gasteiger partial charge is 0.255 e. The van der Waals surface area contributed by atoms with Crippen LogP contribution in [0.15, 0.2) is 23.9 Å². The lowest BCUT2D eigenvalue weighted by atomic mass is 10.1. The monoisotopic (exact) mass is 235 g/mol. The van der Waals surface area contributed by atoms with Gasteiger partial charge in [0.25, 0.3) is 5.91 Å². The number of amides is 1. The largest absolute Gasteiger partial charge is 0.409 e. The maximum absolute atomic E-state index is 11.8. The number of rotatable bonds is 4. The molecule has 17 heavy (non-hydrogen) atoms. The van der Waals surface area contributed by atoms with Crippen molar-refractivity contribution in [3.63, 3.8) is 0 Å². The molecular weight excluding hydrogens is 222 g/mol. The van der Waals surface area contributed by atoms with E-state index in [4.69, 9.17) is 10.9 Å². The third-order valence-electron chi connectivity index (χ3n) is 2.64. The molecule has 7 heteroatoms. The fraction of sp³-hybridized carbons (Fsp3) is 0.400. The van der Waals surface area contributed by atoms with Crippen molar-refractivity contribution in [1.29, 1.82) is 0 Å². The summed E-state index contributed by atoms with van der Waals surface area (Å²) in [6, 6.07) is -0.423. The van der Waals surface area contributed by atoms with E-state index in [-0.39, 0.29) is 17.7 Å². The molecular formula is C10H13N5O2. The molecule has 1 amide bonds. The molecule has 1 heterocycles. The first-order valence-electron chi connectivity index (χ1n) is 5.25. The summed E-state index contributed by atoms with van der Waals surface area (Å²) in [4.78, 5) is 19.3. The fourth-order valence-electron chi connectivity index (χ4n) is 1.57. The number of nitrogens with one attached hydrogen (secondary N) is 1. The molecule has 1 aromatic heterocycles. The molecule has 0 aromatic carbocycles. The molecule has 90 valence electrons. The third kappa shape index (κ3) is 2.68. The Morgan fingerprint density at radius 1 is 1.53 bits per heavy atom. The second-order valence-corrected chi connectivity index (χ2v) is 3.94. The van der Waals surface area contributed by atoms with E-state index >= 15 is 0 Å². The molecule has 0 radical (unpaired) electrons. The first-order valence-corrected chi connectivity index (χ1v) is 5.25. The van der Waals surface area contributed by atoms with Gasteiger partial charge in [0, 0.05) is 12.4 Å². The van der Waals surface area contributed by atoms with Gasteiger partial charge in [0.1, 0.15) is 6.33 Å². The second kappa shape index (κ2) is 4.77. The summed E-state index contributed by atoms with van der Waals surface area (Å²) in [6.45, 7) is 0. The van der Waals surface area contributed by atoms with Crippen LogP contribution in [0.25, 0.3) is 0 Å². The number of amidine groups is 1. The van der Waals surface area contributed by atoms with Crippen molar-refractivity contribution in [1.82, 2.24) is 15.3 Å². The van der Waals surface area contributed by atoms with E-state index in [2.05, 4.69) is 20.4 Å². The van der Waals surface area contributed by atoms with Gasteiger partial charge < -0.3 is 16.3 Å².